The standard InChI is InChI=1S/C28H29ClN4O4/c1-16-13-30-21(25-17(2)14-31-27(32-25)28(4,5)35)12-22(16)33-18(3)10-23(24(29)26(33)34)37-15-19-8-7-9-20(11-19)36-6/h7-14,35H,15H2,1-6H3. The molecule has 0 aliphatic rings. The van der Waals surface area contributed by atoms with Crippen molar-refractivity contribution in [1.29, 1.82) is 0 Å². The lowest BCUT2D eigenvalue weighted by Crippen LogP contribution is -2.23. The van der Waals surface area contributed by atoms with E-state index in [-0.39, 0.29) is 17.5 Å². The van der Waals surface area contributed by atoms with Gasteiger partial charge in [0.25, 0.3) is 5.56 Å². The van der Waals surface area contributed by atoms with Gasteiger partial charge in [-0.15, -0.1) is 0 Å². The van der Waals surface area contributed by atoms with Gasteiger partial charge >= 0.3 is 0 Å². The first-order valence-electron chi connectivity index (χ1n) is 11.7. The Morgan fingerprint density at radius 3 is 2.49 bits per heavy atom. The molecule has 0 atom stereocenters. The number of benzene rings is 1. The van der Waals surface area contributed by atoms with E-state index in [1.165, 1.54) is 4.57 Å². The van der Waals surface area contributed by atoms with Crippen LogP contribution in [-0.4, -0.2) is 31.7 Å². The highest BCUT2D eigenvalue weighted by molar-refractivity contribution is 6.31. The van der Waals surface area contributed by atoms with Crippen LogP contribution in [0.4, 0.5) is 0 Å². The van der Waals surface area contributed by atoms with Crippen molar-refractivity contribution in [1.82, 2.24) is 19.5 Å². The Kier molecular flexibility index (Phi) is 7.34. The van der Waals surface area contributed by atoms with Crippen LogP contribution < -0.4 is 15.0 Å². The summed E-state index contributed by atoms with van der Waals surface area (Å²) in [7, 11) is 1.60. The minimum Gasteiger partial charge on any atom is -0.497 e. The van der Waals surface area contributed by atoms with E-state index in [2.05, 4.69) is 15.0 Å². The molecule has 1 N–H and O–H groups in total. The van der Waals surface area contributed by atoms with Crippen LogP contribution in [0.2, 0.25) is 5.02 Å². The average Bonchev–Trinajstić information content (AvgIpc) is 2.86. The molecule has 0 fully saturated rings. The molecule has 3 heterocycles. The number of hydrogen-bond donors (Lipinski definition) is 1. The molecule has 4 rings (SSSR count). The van der Waals surface area contributed by atoms with Crippen LogP contribution in [0.5, 0.6) is 11.5 Å². The minimum absolute atomic E-state index is 0.0196. The summed E-state index contributed by atoms with van der Waals surface area (Å²) in [6.07, 6.45) is 3.34. The van der Waals surface area contributed by atoms with Gasteiger partial charge in [-0.3, -0.25) is 14.3 Å². The maximum absolute atomic E-state index is 13.4. The molecule has 37 heavy (non-hydrogen) atoms. The van der Waals surface area contributed by atoms with Gasteiger partial charge in [0.05, 0.1) is 24.2 Å². The van der Waals surface area contributed by atoms with Crippen molar-refractivity contribution in [3.63, 3.8) is 0 Å². The molecule has 8 nitrogen and oxygen atoms in total. The van der Waals surface area contributed by atoms with E-state index in [9.17, 15) is 9.90 Å². The van der Waals surface area contributed by atoms with Crippen molar-refractivity contribution in [2.75, 3.05) is 7.11 Å². The highest BCUT2D eigenvalue weighted by Gasteiger charge is 2.22. The highest BCUT2D eigenvalue weighted by atomic mass is 35.5. The molecule has 0 aliphatic heterocycles. The second-order valence-corrected chi connectivity index (χ2v) is 9.76. The third-order valence-corrected chi connectivity index (χ3v) is 6.25. The molecule has 1 aromatic carbocycles. The Morgan fingerprint density at radius 2 is 1.78 bits per heavy atom. The van der Waals surface area contributed by atoms with Crippen molar-refractivity contribution in [2.45, 2.75) is 46.8 Å². The summed E-state index contributed by atoms with van der Waals surface area (Å²) >= 11 is 6.50. The summed E-state index contributed by atoms with van der Waals surface area (Å²) in [6, 6.07) is 11.0. The van der Waals surface area contributed by atoms with Gasteiger partial charge in [0, 0.05) is 24.2 Å². The van der Waals surface area contributed by atoms with Crippen molar-refractivity contribution in [3.8, 4) is 28.6 Å². The Balaban J connectivity index is 1.73. The first-order chi connectivity index (χ1) is 17.5. The molecule has 0 radical (unpaired) electrons. The highest BCUT2D eigenvalue weighted by Crippen LogP contribution is 2.29. The largest absolute Gasteiger partial charge is 0.497 e. The molecule has 0 bridgehead atoms. The zero-order valence-corrected chi connectivity index (χ0v) is 22.4. The molecule has 0 unspecified atom stereocenters. The summed E-state index contributed by atoms with van der Waals surface area (Å²) in [5, 5.41) is 10.4. The topological polar surface area (TPSA) is 99.4 Å². The van der Waals surface area contributed by atoms with Gasteiger partial charge in [-0.1, -0.05) is 23.7 Å². The maximum Gasteiger partial charge on any atom is 0.277 e. The van der Waals surface area contributed by atoms with Crippen molar-refractivity contribution < 1.29 is 14.6 Å². The minimum atomic E-state index is -1.21. The zero-order valence-electron chi connectivity index (χ0n) is 21.7. The Labute approximate surface area is 220 Å². The predicted octanol–water partition coefficient (Wildman–Crippen LogP) is 5.08. The van der Waals surface area contributed by atoms with Crippen molar-refractivity contribution in [2.24, 2.45) is 0 Å². The van der Waals surface area contributed by atoms with Crippen LogP contribution in [0, 0.1) is 20.8 Å². The average molecular weight is 521 g/mol. The van der Waals surface area contributed by atoms with Gasteiger partial charge in [-0.25, -0.2) is 9.97 Å². The van der Waals surface area contributed by atoms with E-state index in [1.54, 1.807) is 45.5 Å². The van der Waals surface area contributed by atoms with Crippen LogP contribution >= 0.6 is 11.6 Å². The Hall–Kier alpha value is -3.75. The van der Waals surface area contributed by atoms with Crippen LogP contribution in [-0.2, 0) is 12.2 Å². The van der Waals surface area contributed by atoms with Gasteiger partial charge in [0.1, 0.15) is 28.7 Å². The molecule has 0 aliphatic carbocycles. The molecule has 0 saturated carbocycles. The number of aryl methyl sites for hydroxylation is 3. The van der Waals surface area contributed by atoms with E-state index in [0.29, 0.717) is 28.5 Å². The van der Waals surface area contributed by atoms with Crippen LogP contribution in [0.25, 0.3) is 17.1 Å². The second kappa shape index (κ2) is 10.3. The predicted molar refractivity (Wildman–Crippen MR) is 143 cm³/mol. The second-order valence-electron chi connectivity index (χ2n) is 9.38. The van der Waals surface area contributed by atoms with Crippen molar-refractivity contribution >= 4 is 11.6 Å². The van der Waals surface area contributed by atoms with Gasteiger partial charge in [-0.2, -0.15) is 0 Å². The molecule has 0 amide bonds. The summed E-state index contributed by atoms with van der Waals surface area (Å²) < 4.78 is 12.7. The molecule has 0 spiro atoms. The molecule has 9 heteroatoms. The van der Waals surface area contributed by atoms with E-state index in [1.807, 2.05) is 45.0 Å². The smallest absolute Gasteiger partial charge is 0.277 e. The van der Waals surface area contributed by atoms with E-state index < -0.39 is 11.2 Å². The maximum atomic E-state index is 13.4. The fourth-order valence-electron chi connectivity index (χ4n) is 3.89. The first-order valence-corrected chi connectivity index (χ1v) is 12.1. The number of hydrogen-bond acceptors (Lipinski definition) is 7. The van der Waals surface area contributed by atoms with Crippen LogP contribution in [0.15, 0.2) is 53.6 Å². The number of nitrogens with zero attached hydrogens (tertiary/aromatic N) is 4. The Bertz CT molecular complexity index is 1530. The fraction of sp³-hybridized carbons (Fsp3) is 0.286. The summed E-state index contributed by atoms with van der Waals surface area (Å²) in [5.41, 5.74) is 3.23. The summed E-state index contributed by atoms with van der Waals surface area (Å²) in [5.74, 6) is 1.30. The lowest BCUT2D eigenvalue weighted by Gasteiger charge is -2.18. The van der Waals surface area contributed by atoms with E-state index in [4.69, 9.17) is 21.1 Å². The quantitative estimate of drug-likeness (QED) is 0.362. The zero-order chi connectivity index (χ0) is 26.9. The fourth-order valence-corrected chi connectivity index (χ4v) is 4.08. The number of methoxy groups -OCH3 is 1. The summed E-state index contributed by atoms with van der Waals surface area (Å²) in [6.45, 7) is 9.03. The Morgan fingerprint density at radius 1 is 1.05 bits per heavy atom. The van der Waals surface area contributed by atoms with Gasteiger partial charge < -0.3 is 14.6 Å². The van der Waals surface area contributed by atoms with E-state index in [0.717, 1.165) is 22.4 Å². The summed E-state index contributed by atoms with van der Waals surface area (Å²) in [4.78, 5) is 26.8. The number of aliphatic hydroxyl groups is 1. The molecule has 4 aromatic rings. The molecular weight excluding hydrogens is 492 g/mol. The van der Waals surface area contributed by atoms with Crippen molar-refractivity contribution in [3.05, 3.63) is 92.4 Å². The number of rotatable bonds is 7. The first kappa shape index (κ1) is 26.3. The van der Waals surface area contributed by atoms with Gasteiger partial charge in [0.2, 0.25) is 0 Å². The number of aromatic nitrogens is 4. The van der Waals surface area contributed by atoms with Crippen LogP contribution in [0.1, 0.15) is 42.1 Å². The van der Waals surface area contributed by atoms with Gasteiger partial charge in [0.15, 0.2) is 5.82 Å². The molecule has 0 saturated heterocycles. The van der Waals surface area contributed by atoms with E-state index >= 15 is 0 Å². The third kappa shape index (κ3) is 5.50. The lowest BCUT2D eigenvalue weighted by atomic mass is 10.1. The number of halogens is 1. The molecule has 3 aromatic heterocycles. The monoisotopic (exact) mass is 520 g/mol. The SMILES string of the molecule is COc1cccc(COc2cc(C)n(-c3cc(-c4nc(C(C)(C)O)ncc4C)ncc3C)c(=O)c2Cl)c1. The molecule has 192 valence electrons. The van der Waals surface area contributed by atoms with Gasteiger partial charge in [-0.05, 0) is 69.5 Å². The number of ether oxygens (including phenoxy) is 2. The normalized spacial score (nSPS) is 11.5. The van der Waals surface area contributed by atoms with Crippen LogP contribution in [0.3, 0.4) is 0 Å². The lowest BCUT2D eigenvalue weighted by molar-refractivity contribution is 0.0688. The number of pyridine rings is 2. The molecular formula is C28H29ClN4O4. The third-order valence-electron chi connectivity index (χ3n) is 5.91.